The molecule has 2 saturated heterocycles. The number of nitrogens with one attached hydrogen (secondary N) is 1. The highest BCUT2D eigenvalue weighted by Gasteiger charge is 2.31. The molecule has 0 radical (unpaired) electrons. The van der Waals surface area contributed by atoms with E-state index < -0.39 is 0 Å². The van der Waals surface area contributed by atoms with Crippen LogP contribution in [0.1, 0.15) is 18.5 Å². The lowest BCUT2D eigenvalue weighted by Crippen LogP contribution is -2.53. The molecule has 120 valence electrons. The monoisotopic (exact) mass is 324 g/mol. The van der Waals surface area contributed by atoms with E-state index in [1.165, 1.54) is 11.3 Å². The van der Waals surface area contributed by atoms with Gasteiger partial charge in [0.05, 0.1) is 5.69 Å². The number of amides is 3. The van der Waals surface area contributed by atoms with Crippen molar-refractivity contribution in [3.63, 3.8) is 0 Å². The van der Waals surface area contributed by atoms with E-state index in [9.17, 15) is 9.59 Å². The number of hydrogen-bond acceptors (Lipinski definition) is 5. The third kappa shape index (κ3) is 3.38. The maximum atomic E-state index is 12.2. The largest absolute Gasteiger partial charge is 0.368 e. The van der Waals surface area contributed by atoms with Crippen molar-refractivity contribution in [3.8, 4) is 0 Å². The molecule has 2 aliphatic heterocycles. The van der Waals surface area contributed by atoms with E-state index in [1.807, 2.05) is 12.3 Å². The van der Waals surface area contributed by atoms with Gasteiger partial charge < -0.3 is 14.5 Å². The summed E-state index contributed by atoms with van der Waals surface area (Å²) in [5, 5.41) is 5.31. The normalized spacial score (nSPS) is 22.0. The number of aryl methyl sites for hydroxylation is 1. The zero-order chi connectivity index (χ0) is 15.5. The molecule has 3 rings (SSSR count). The van der Waals surface area contributed by atoms with Crippen molar-refractivity contribution >= 4 is 28.4 Å². The minimum Gasteiger partial charge on any atom is -0.368 e. The van der Waals surface area contributed by atoms with Gasteiger partial charge in [0.25, 0.3) is 5.91 Å². The molecular weight excluding hydrogens is 304 g/mol. The maximum Gasteiger partial charge on any atom is 0.323 e. The highest BCUT2D eigenvalue weighted by molar-refractivity contribution is 7.13. The van der Waals surface area contributed by atoms with Crippen molar-refractivity contribution in [3.05, 3.63) is 11.1 Å². The van der Waals surface area contributed by atoms with Crippen molar-refractivity contribution in [2.75, 3.05) is 38.1 Å². The topological polar surface area (TPSA) is 74.8 Å². The number of aromatic nitrogens is 1. The van der Waals surface area contributed by atoms with Crippen molar-refractivity contribution < 1.29 is 14.3 Å². The van der Waals surface area contributed by atoms with E-state index >= 15 is 0 Å². The maximum absolute atomic E-state index is 12.2. The van der Waals surface area contributed by atoms with Gasteiger partial charge in [-0.15, -0.1) is 11.3 Å². The van der Waals surface area contributed by atoms with Crippen molar-refractivity contribution in [1.29, 1.82) is 0 Å². The van der Waals surface area contributed by atoms with Gasteiger partial charge in [-0.25, -0.2) is 9.78 Å². The Morgan fingerprint density at radius 2 is 2.05 bits per heavy atom. The van der Waals surface area contributed by atoms with Crippen LogP contribution in [0, 0.1) is 6.92 Å². The summed E-state index contributed by atoms with van der Waals surface area (Å²) in [4.78, 5) is 32.1. The van der Waals surface area contributed by atoms with E-state index in [1.54, 1.807) is 9.80 Å². The molecule has 2 aliphatic rings. The predicted molar refractivity (Wildman–Crippen MR) is 83.0 cm³/mol. The number of hydrogen-bond donors (Lipinski definition) is 1. The first-order valence-corrected chi connectivity index (χ1v) is 8.40. The second kappa shape index (κ2) is 6.62. The number of thiazole rings is 1. The fourth-order valence-corrected chi connectivity index (χ4v) is 3.37. The fraction of sp³-hybridized carbons (Fsp3) is 0.643. The zero-order valence-corrected chi connectivity index (χ0v) is 13.4. The molecule has 22 heavy (non-hydrogen) atoms. The predicted octanol–water partition coefficient (Wildman–Crippen LogP) is 1.31. The Labute approximate surface area is 133 Å². The number of carbonyl (C=O) groups excluding carboxylic acids is 2. The van der Waals surface area contributed by atoms with Gasteiger partial charge in [0.1, 0.15) is 6.10 Å². The van der Waals surface area contributed by atoms with Crippen molar-refractivity contribution in [2.24, 2.45) is 0 Å². The lowest BCUT2D eigenvalue weighted by Gasteiger charge is -2.35. The molecule has 0 aromatic carbocycles. The fourth-order valence-electron chi connectivity index (χ4n) is 2.69. The molecule has 1 aromatic heterocycles. The SMILES string of the molecule is Cc1csc(NC(=O)N2CCN(C(=O)C3CCCO3)CC2)n1. The summed E-state index contributed by atoms with van der Waals surface area (Å²) in [6.45, 7) is 4.75. The summed E-state index contributed by atoms with van der Waals surface area (Å²) < 4.78 is 5.43. The summed E-state index contributed by atoms with van der Waals surface area (Å²) >= 11 is 1.41. The Morgan fingerprint density at radius 3 is 2.64 bits per heavy atom. The number of ether oxygens (including phenoxy) is 1. The van der Waals surface area contributed by atoms with E-state index in [2.05, 4.69) is 10.3 Å². The molecule has 1 unspecified atom stereocenters. The number of nitrogens with zero attached hydrogens (tertiary/aromatic N) is 3. The van der Waals surface area contributed by atoms with Crippen LogP contribution in [0.5, 0.6) is 0 Å². The van der Waals surface area contributed by atoms with E-state index in [-0.39, 0.29) is 18.0 Å². The summed E-state index contributed by atoms with van der Waals surface area (Å²) in [6.07, 6.45) is 1.48. The second-order valence-corrected chi connectivity index (χ2v) is 6.40. The first kappa shape index (κ1) is 15.2. The first-order valence-electron chi connectivity index (χ1n) is 7.52. The third-order valence-electron chi connectivity index (χ3n) is 3.92. The Morgan fingerprint density at radius 1 is 1.32 bits per heavy atom. The molecule has 0 saturated carbocycles. The van der Waals surface area contributed by atoms with Crippen LogP contribution in [-0.2, 0) is 9.53 Å². The van der Waals surface area contributed by atoms with E-state index in [4.69, 9.17) is 4.74 Å². The minimum absolute atomic E-state index is 0.0631. The highest BCUT2D eigenvalue weighted by Crippen LogP contribution is 2.17. The first-order chi connectivity index (χ1) is 10.6. The zero-order valence-electron chi connectivity index (χ0n) is 12.6. The lowest BCUT2D eigenvalue weighted by molar-refractivity contribution is -0.142. The molecule has 3 heterocycles. The van der Waals surface area contributed by atoms with Crippen LogP contribution in [0.4, 0.5) is 9.93 Å². The molecule has 3 amide bonds. The van der Waals surface area contributed by atoms with Crippen LogP contribution in [0.3, 0.4) is 0 Å². The summed E-state index contributed by atoms with van der Waals surface area (Å²) in [5.74, 6) is 0.0631. The van der Waals surface area contributed by atoms with Crippen LogP contribution in [-0.4, -0.2) is 65.6 Å². The summed E-state index contributed by atoms with van der Waals surface area (Å²) in [6, 6.07) is -0.154. The molecule has 7 nitrogen and oxygen atoms in total. The Kier molecular flexibility index (Phi) is 4.58. The van der Waals surface area contributed by atoms with Gasteiger partial charge >= 0.3 is 6.03 Å². The summed E-state index contributed by atoms with van der Waals surface area (Å²) in [7, 11) is 0. The number of piperazine rings is 1. The molecule has 2 fully saturated rings. The molecular formula is C14H20N4O3S. The lowest BCUT2D eigenvalue weighted by atomic mass is 10.2. The molecule has 0 spiro atoms. The average molecular weight is 324 g/mol. The van der Waals surface area contributed by atoms with Crippen LogP contribution >= 0.6 is 11.3 Å². The van der Waals surface area contributed by atoms with Crippen molar-refractivity contribution in [1.82, 2.24) is 14.8 Å². The molecule has 1 aromatic rings. The third-order valence-corrected chi connectivity index (χ3v) is 4.79. The van der Waals surface area contributed by atoms with Crippen molar-refractivity contribution in [2.45, 2.75) is 25.9 Å². The summed E-state index contributed by atoms with van der Waals surface area (Å²) in [5.41, 5.74) is 0.896. The smallest absolute Gasteiger partial charge is 0.323 e. The molecule has 1 N–H and O–H groups in total. The number of rotatable bonds is 2. The van der Waals surface area contributed by atoms with Gasteiger partial charge in [-0.1, -0.05) is 0 Å². The van der Waals surface area contributed by atoms with Gasteiger partial charge in [0, 0.05) is 38.2 Å². The Bertz CT molecular complexity index is 548. The Balaban J connectivity index is 1.48. The van der Waals surface area contributed by atoms with Crippen LogP contribution < -0.4 is 5.32 Å². The van der Waals surface area contributed by atoms with Crippen LogP contribution in [0.25, 0.3) is 0 Å². The van der Waals surface area contributed by atoms with E-state index in [0.29, 0.717) is 37.9 Å². The van der Waals surface area contributed by atoms with Gasteiger partial charge in [-0.2, -0.15) is 0 Å². The van der Waals surface area contributed by atoms with Gasteiger partial charge in [0.2, 0.25) is 0 Å². The number of carbonyl (C=O) groups is 2. The van der Waals surface area contributed by atoms with E-state index in [0.717, 1.165) is 18.5 Å². The standard InChI is InChI=1S/C14H20N4O3S/c1-10-9-22-13(15-10)16-14(20)18-6-4-17(5-7-18)12(19)11-3-2-8-21-11/h9,11H,2-8H2,1H3,(H,15,16,20). The molecule has 1 atom stereocenters. The number of urea groups is 1. The van der Waals surface area contributed by atoms with Crippen LogP contribution in [0.15, 0.2) is 5.38 Å². The molecule has 8 heteroatoms. The molecule has 0 aliphatic carbocycles. The highest BCUT2D eigenvalue weighted by atomic mass is 32.1. The van der Waals surface area contributed by atoms with Gasteiger partial charge in [-0.3, -0.25) is 10.1 Å². The van der Waals surface area contributed by atoms with Gasteiger partial charge in [0.15, 0.2) is 5.13 Å². The van der Waals surface area contributed by atoms with Crippen LogP contribution in [0.2, 0.25) is 0 Å². The second-order valence-electron chi connectivity index (χ2n) is 5.54. The average Bonchev–Trinajstić information content (AvgIpc) is 3.18. The quantitative estimate of drug-likeness (QED) is 0.890. The van der Waals surface area contributed by atoms with Gasteiger partial charge in [-0.05, 0) is 19.8 Å². The number of anilines is 1. The Hall–Kier alpha value is -1.67. The molecule has 0 bridgehead atoms. The minimum atomic E-state index is -0.279.